The fourth-order valence-electron chi connectivity index (χ4n) is 2.41. The molecular weight excluding hydrogens is 316 g/mol. The van der Waals surface area contributed by atoms with E-state index in [1.165, 1.54) is 23.5 Å². The van der Waals surface area contributed by atoms with Crippen LogP contribution in [0, 0.1) is 10.1 Å². The lowest BCUT2D eigenvalue weighted by Crippen LogP contribution is -2.11. The molecule has 0 bridgehead atoms. The second-order valence-electron chi connectivity index (χ2n) is 5.29. The number of nitrogens with one attached hydrogen (secondary N) is 1. The Hall–Kier alpha value is -2.74. The number of nitro benzene ring substituents is 1. The number of hydrogen-bond acceptors (Lipinski definition) is 5. The van der Waals surface area contributed by atoms with Crippen molar-refractivity contribution in [3.63, 3.8) is 0 Å². The summed E-state index contributed by atoms with van der Waals surface area (Å²) in [6, 6.07) is 4.59. The summed E-state index contributed by atoms with van der Waals surface area (Å²) in [7, 11) is 0. The van der Waals surface area contributed by atoms with E-state index < -0.39 is 4.92 Å². The van der Waals surface area contributed by atoms with E-state index in [1.54, 1.807) is 23.8 Å². The molecule has 3 rings (SSSR count). The monoisotopic (exact) mass is 330 g/mol. The van der Waals surface area contributed by atoms with Crippen molar-refractivity contribution in [1.82, 2.24) is 9.55 Å². The molecule has 1 N–H and O–H groups in total. The van der Waals surface area contributed by atoms with Gasteiger partial charge in [0.2, 0.25) is 0 Å². The van der Waals surface area contributed by atoms with E-state index >= 15 is 0 Å². The summed E-state index contributed by atoms with van der Waals surface area (Å²) in [5, 5.41) is 16.7. The second-order valence-corrected chi connectivity index (χ2v) is 6.19. The van der Waals surface area contributed by atoms with Crippen LogP contribution >= 0.6 is 11.3 Å². The Morgan fingerprint density at radius 3 is 2.83 bits per heavy atom. The lowest BCUT2D eigenvalue weighted by atomic mass is 10.1. The van der Waals surface area contributed by atoms with E-state index in [4.69, 9.17) is 0 Å². The number of hydrogen-bond donors (Lipinski definition) is 1. The van der Waals surface area contributed by atoms with Gasteiger partial charge in [0.25, 0.3) is 11.6 Å². The molecular formula is C15H14N4O3S. The standard InChI is InChI=1S/C15H14N4O3S/c1-9(2)18-8-12(14(20)17-15-16-5-6-23-15)11-4-3-10(19(21)22)7-13(11)18/h3-9H,1-2H3,(H,16,17,20). The summed E-state index contributed by atoms with van der Waals surface area (Å²) in [5.41, 5.74) is 1.14. The molecule has 0 aliphatic rings. The van der Waals surface area contributed by atoms with Gasteiger partial charge in [-0.3, -0.25) is 20.2 Å². The number of carbonyl (C=O) groups is 1. The van der Waals surface area contributed by atoms with Gasteiger partial charge in [-0.1, -0.05) is 0 Å². The molecule has 23 heavy (non-hydrogen) atoms. The van der Waals surface area contributed by atoms with Crippen molar-refractivity contribution in [1.29, 1.82) is 0 Å². The zero-order valence-corrected chi connectivity index (χ0v) is 13.3. The molecule has 8 heteroatoms. The smallest absolute Gasteiger partial charge is 0.271 e. The summed E-state index contributed by atoms with van der Waals surface area (Å²) in [4.78, 5) is 27.1. The van der Waals surface area contributed by atoms with Crippen molar-refractivity contribution >= 4 is 39.0 Å². The third-order valence-electron chi connectivity index (χ3n) is 3.48. The third-order valence-corrected chi connectivity index (χ3v) is 4.17. The highest BCUT2D eigenvalue weighted by Gasteiger charge is 2.19. The van der Waals surface area contributed by atoms with Crippen LogP contribution in [0.3, 0.4) is 0 Å². The Balaban J connectivity index is 2.10. The predicted molar refractivity (Wildman–Crippen MR) is 89.0 cm³/mol. The van der Waals surface area contributed by atoms with Crippen LogP contribution < -0.4 is 5.32 Å². The second kappa shape index (κ2) is 5.81. The van der Waals surface area contributed by atoms with Gasteiger partial charge in [0.15, 0.2) is 5.13 Å². The van der Waals surface area contributed by atoms with Gasteiger partial charge in [0.1, 0.15) is 0 Å². The Morgan fingerprint density at radius 1 is 1.43 bits per heavy atom. The maximum Gasteiger partial charge on any atom is 0.271 e. The van der Waals surface area contributed by atoms with Crippen molar-refractivity contribution in [3.05, 3.63) is 51.7 Å². The van der Waals surface area contributed by atoms with Gasteiger partial charge >= 0.3 is 0 Å². The van der Waals surface area contributed by atoms with Gasteiger partial charge in [-0.05, 0) is 19.9 Å². The van der Waals surface area contributed by atoms with Crippen molar-refractivity contribution in [3.8, 4) is 0 Å². The van der Waals surface area contributed by atoms with Crippen LogP contribution in [-0.4, -0.2) is 20.4 Å². The Kier molecular flexibility index (Phi) is 3.83. The molecule has 0 radical (unpaired) electrons. The highest BCUT2D eigenvalue weighted by molar-refractivity contribution is 7.13. The molecule has 0 aliphatic heterocycles. The number of nitrogens with zero attached hydrogens (tertiary/aromatic N) is 3. The minimum absolute atomic E-state index is 0.00406. The first-order chi connectivity index (χ1) is 11.0. The van der Waals surface area contributed by atoms with Crippen molar-refractivity contribution in [2.24, 2.45) is 0 Å². The van der Waals surface area contributed by atoms with Crippen LogP contribution in [0.25, 0.3) is 10.9 Å². The Morgan fingerprint density at radius 2 is 2.22 bits per heavy atom. The maximum atomic E-state index is 12.5. The quantitative estimate of drug-likeness (QED) is 0.581. The van der Waals surface area contributed by atoms with Crippen molar-refractivity contribution in [2.75, 3.05) is 5.32 Å². The molecule has 0 unspecified atom stereocenters. The highest BCUT2D eigenvalue weighted by Crippen LogP contribution is 2.29. The third kappa shape index (κ3) is 2.80. The average Bonchev–Trinajstić information content (AvgIpc) is 3.13. The van der Waals surface area contributed by atoms with E-state index in [0.29, 0.717) is 21.6 Å². The minimum atomic E-state index is -0.438. The van der Waals surface area contributed by atoms with Crippen molar-refractivity contribution in [2.45, 2.75) is 19.9 Å². The lowest BCUT2D eigenvalue weighted by Gasteiger charge is -2.08. The maximum absolute atomic E-state index is 12.5. The van der Waals surface area contributed by atoms with Crippen LogP contribution in [0.2, 0.25) is 0 Å². The fourth-order valence-corrected chi connectivity index (χ4v) is 2.93. The molecule has 0 fully saturated rings. The number of anilines is 1. The van der Waals surface area contributed by atoms with Crippen LogP contribution in [0.1, 0.15) is 30.2 Å². The number of aromatic nitrogens is 2. The molecule has 7 nitrogen and oxygen atoms in total. The van der Waals surface area contributed by atoms with E-state index in [-0.39, 0.29) is 17.6 Å². The number of benzene rings is 1. The summed E-state index contributed by atoms with van der Waals surface area (Å²) in [6.45, 7) is 3.92. The number of amides is 1. The van der Waals surface area contributed by atoms with Gasteiger partial charge in [-0.2, -0.15) is 0 Å². The van der Waals surface area contributed by atoms with Crippen molar-refractivity contribution < 1.29 is 9.72 Å². The van der Waals surface area contributed by atoms with Crippen LogP contribution in [0.4, 0.5) is 10.8 Å². The number of fused-ring (bicyclic) bond motifs is 1. The van der Waals surface area contributed by atoms with E-state index in [9.17, 15) is 14.9 Å². The molecule has 2 aromatic heterocycles. The van der Waals surface area contributed by atoms with Gasteiger partial charge in [-0.15, -0.1) is 11.3 Å². The molecule has 0 saturated heterocycles. The largest absolute Gasteiger partial charge is 0.344 e. The SMILES string of the molecule is CC(C)n1cc(C(=O)Nc2nccs2)c2ccc([N+](=O)[O-])cc21. The highest BCUT2D eigenvalue weighted by atomic mass is 32.1. The molecule has 3 aromatic rings. The first-order valence-electron chi connectivity index (χ1n) is 6.97. The summed E-state index contributed by atoms with van der Waals surface area (Å²) in [6.07, 6.45) is 3.34. The molecule has 0 spiro atoms. The number of non-ortho nitro benzene ring substituents is 1. The molecule has 118 valence electrons. The molecule has 0 atom stereocenters. The van der Waals surface area contributed by atoms with Crippen LogP contribution in [-0.2, 0) is 0 Å². The normalized spacial score (nSPS) is 11.1. The first kappa shape index (κ1) is 15.2. The molecule has 2 heterocycles. The van der Waals surface area contributed by atoms with Gasteiger partial charge in [0, 0.05) is 41.3 Å². The lowest BCUT2D eigenvalue weighted by molar-refractivity contribution is -0.384. The van der Waals surface area contributed by atoms with Gasteiger partial charge in [-0.25, -0.2) is 4.98 Å². The zero-order valence-electron chi connectivity index (χ0n) is 12.5. The fraction of sp³-hybridized carbons (Fsp3) is 0.200. The zero-order chi connectivity index (χ0) is 16.6. The average molecular weight is 330 g/mol. The predicted octanol–water partition coefficient (Wildman–Crippen LogP) is 3.84. The Labute approximate surface area is 135 Å². The summed E-state index contributed by atoms with van der Waals surface area (Å²) < 4.78 is 1.86. The summed E-state index contributed by atoms with van der Waals surface area (Å²) >= 11 is 1.33. The topological polar surface area (TPSA) is 90.1 Å². The summed E-state index contributed by atoms with van der Waals surface area (Å²) in [5.74, 6) is -0.279. The Bertz CT molecular complexity index is 884. The van der Waals surface area contributed by atoms with E-state index in [2.05, 4.69) is 10.3 Å². The van der Waals surface area contributed by atoms with Gasteiger partial charge in [0.05, 0.1) is 16.0 Å². The number of carbonyl (C=O) groups excluding carboxylic acids is 1. The van der Waals surface area contributed by atoms with E-state index in [0.717, 1.165) is 0 Å². The molecule has 1 aromatic carbocycles. The number of rotatable bonds is 4. The molecule has 0 saturated carbocycles. The number of nitro groups is 1. The first-order valence-corrected chi connectivity index (χ1v) is 7.85. The van der Waals surface area contributed by atoms with Crippen LogP contribution in [0.5, 0.6) is 0 Å². The molecule has 1 amide bonds. The molecule has 0 aliphatic carbocycles. The van der Waals surface area contributed by atoms with Crippen LogP contribution in [0.15, 0.2) is 36.0 Å². The number of thiazole rings is 1. The minimum Gasteiger partial charge on any atom is -0.344 e. The van der Waals surface area contributed by atoms with Gasteiger partial charge < -0.3 is 4.57 Å². The van der Waals surface area contributed by atoms with E-state index in [1.807, 2.05) is 18.4 Å².